The molecule has 1 atom stereocenters. The van der Waals surface area contributed by atoms with Crippen molar-refractivity contribution in [1.82, 2.24) is 4.90 Å². The number of ketones is 1. The van der Waals surface area contributed by atoms with Gasteiger partial charge in [0.05, 0.1) is 38.4 Å². The maximum absolute atomic E-state index is 13.7. The lowest BCUT2D eigenvalue weighted by Crippen LogP contribution is -2.29. The van der Waals surface area contributed by atoms with Crippen LogP contribution in [0.1, 0.15) is 29.7 Å². The Kier molecular flexibility index (Phi) is 7.45. The van der Waals surface area contributed by atoms with Gasteiger partial charge in [-0.05, 0) is 48.4 Å². The Morgan fingerprint density at radius 3 is 2.44 bits per heavy atom. The number of halogens is 1. The third-order valence-electron chi connectivity index (χ3n) is 5.87. The summed E-state index contributed by atoms with van der Waals surface area (Å²) in [4.78, 5) is 30.8. The summed E-state index contributed by atoms with van der Waals surface area (Å²) >= 11 is 6.30. The average molecular weight is 509 g/mol. The summed E-state index contributed by atoms with van der Waals surface area (Å²) in [5, 5.41) is 13.9. The summed E-state index contributed by atoms with van der Waals surface area (Å²) in [5.41, 5.74) is 1.32. The fourth-order valence-electron chi connectivity index (χ4n) is 4.20. The third kappa shape index (κ3) is 4.72. The SMILES string of the molecule is CCOc1ccc(C([O-])=C2C(=O)C(=O)N(Cc3ccc[nH+]c3)C2c2ccc(OC)c(OC)c2)cc1Cl. The van der Waals surface area contributed by atoms with Gasteiger partial charge in [0.2, 0.25) is 5.78 Å². The summed E-state index contributed by atoms with van der Waals surface area (Å²) < 4.78 is 16.2. The van der Waals surface area contributed by atoms with Crippen LogP contribution in [0.2, 0.25) is 5.02 Å². The van der Waals surface area contributed by atoms with Crippen molar-refractivity contribution in [1.29, 1.82) is 0 Å². The molecule has 1 unspecified atom stereocenters. The predicted molar refractivity (Wildman–Crippen MR) is 130 cm³/mol. The van der Waals surface area contributed by atoms with Gasteiger partial charge in [0.1, 0.15) is 5.75 Å². The van der Waals surface area contributed by atoms with Crippen molar-refractivity contribution in [2.75, 3.05) is 20.8 Å². The molecule has 9 heteroatoms. The standard InChI is InChI=1S/C27H25ClN2O6/c1-4-36-20-9-8-18(12-19(20)28)25(31)23-24(17-7-10-21(34-2)22(13-17)35-3)30(27(33)26(23)32)15-16-6-5-11-29-14-16/h5-14,24,31H,4,15H2,1-3H3. The number of aromatic amines is 1. The molecule has 1 amide bonds. The molecule has 0 aliphatic carbocycles. The molecule has 8 nitrogen and oxygen atoms in total. The number of nitrogens with zero attached hydrogens (tertiary/aromatic N) is 1. The number of methoxy groups -OCH3 is 2. The van der Waals surface area contributed by atoms with Crippen molar-refractivity contribution in [2.24, 2.45) is 0 Å². The number of H-pyrrole nitrogens is 1. The van der Waals surface area contributed by atoms with Crippen LogP contribution in [-0.2, 0) is 16.1 Å². The quantitative estimate of drug-likeness (QED) is 0.263. The molecule has 1 aliphatic rings. The van der Waals surface area contributed by atoms with E-state index in [0.29, 0.717) is 29.4 Å². The number of hydrogen-bond acceptors (Lipinski definition) is 6. The van der Waals surface area contributed by atoms with Crippen LogP contribution in [0.4, 0.5) is 0 Å². The zero-order valence-electron chi connectivity index (χ0n) is 20.0. The molecule has 0 spiro atoms. The maximum atomic E-state index is 13.7. The minimum absolute atomic E-state index is 0.113. The molecular formula is C27H25ClN2O6. The Bertz CT molecular complexity index is 1330. The Hall–Kier alpha value is -4.04. The summed E-state index contributed by atoms with van der Waals surface area (Å²) in [5.74, 6) is -0.894. The largest absolute Gasteiger partial charge is 0.872 e. The van der Waals surface area contributed by atoms with E-state index in [4.69, 9.17) is 25.8 Å². The molecule has 3 aromatic rings. The molecule has 1 saturated heterocycles. The van der Waals surface area contributed by atoms with E-state index < -0.39 is 23.5 Å². The van der Waals surface area contributed by atoms with Gasteiger partial charge in [-0.25, -0.2) is 4.98 Å². The lowest BCUT2D eigenvalue weighted by molar-refractivity contribution is -0.378. The smallest absolute Gasteiger partial charge is 0.295 e. The second kappa shape index (κ2) is 10.7. The summed E-state index contributed by atoms with van der Waals surface area (Å²) in [7, 11) is 3.00. The number of pyridine rings is 1. The molecule has 186 valence electrons. The molecule has 1 N–H and O–H groups in total. The predicted octanol–water partition coefficient (Wildman–Crippen LogP) is 2.99. The highest BCUT2D eigenvalue weighted by molar-refractivity contribution is 6.46. The second-order valence-electron chi connectivity index (χ2n) is 8.01. The molecule has 1 aromatic heterocycles. The zero-order chi connectivity index (χ0) is 25.8. The van der Waals surface area contributed by atoms with Crippen LogP contribution in [0.15, 0.2) is 66.5 Å². The van der Waals surface area contributed by atoms with Crippen molar-refractivity contribution >= 4 is 29.1 Å². The van der Waals surface area contributed by atoms with Crippen LogP contribution in [0, 0.1) is 0 Å². The number of amides is 1. The van der Waals surface area contributed by atoms with E-state index in [0.717, 1.165) is 5.56 Å². The Labute approximate surface area is 213 Å². The number of rotatable bonds is 8. The van der Waals surface area contributed by atoms with Crippen molar-refractivity contribution in [3.05, 3.63) is 88.2 Å². The molecule has 2 aromatic carbocycles. The average Bonchev–Trinajstić information content (AvgIpc) is 3.14. The lowest BCUT2D eigenvalue weighted by atomic mass is 9.94. The van der Waals surface area contributed by atoms with Crippen LogP contribution in [-0.4, -0.2) is 37.4 Å². The van der Waals surface area contributed by atoms with Gasteiger partial charge in [-0.1, -0.05) is 29.5 Å². The number of Topliss-reactive ketones (excluding diaryl/α,β-unsaturated/α-hetero) is 1. The van der Waals surface area contributed by atoms with Gasteiger partial charge in [-0.15, -0.1) is 0 Å². The first-order valence-electron chi connectivity index (χ1n) is 11.3. The first-order valence-corrected chi connectivity index (χ1v) is 11.6. The molecule has 0 saturated carbocycles. The van der Waals surface area contributed by atoms with Gasteiger partial charge in [0.15, 0.2) is 23.9 Å². The topological polar surface area (TPSA) is 102 Å². The van der Waals surface area contributed by atoms with Gasteiger partial charge in [-0.2, -0.15) is 0 Å². The first-order chi connectivity index (χ1) is 17.4. The third-order valence-corrected chi connectivity index (χ3v) is 6.17. The molecule has 4 rings (SSSR count). The molecule has 1 aliphatic heterocycles. The fraction of sp³-hybridized carbons (Fsp3) is 0.222. The first kappa shape index (κ1) is 25.1. The lowest BCUT2D eigenvalue weighted by Gasteiger charge is -2.28. The van der Waals surface area contributed by atoms with Gasteiger partial charge < -0.3 is 24.2 Å². The van der Waals surface area contributed by atoms with E-state index in [2.05, 4.69) is 4.98 Å². The van der Waals surface area contributed by atoms with E-state index in [1.54, 1.807) is 42.7 Å². The zero-order valence-corrected chi connectivity index (χ0v) is 20.8. The van der Waals surface area contributed by atoms with Crippen molar-refractivity contribution < 1.29 is 33.9 Å². The highest BCUT2D eigenvalue weighted by atomic mass is 35.5. The van der Waals surface area contributed by atoms with Crippen LogP contribution in [0.25, 0.3) is 5.76 Å². The number of carbonyl (C=O) groups excluding carboxylic acids is 2. The molecule has 2 heterocycles. The highest BCUT2D eigenvalue weighted by Crippen LogP contribution is 2.42. The summed E-state index contributed by atoms with van der Waals surface area (Å²) in [6.45, 7) is 2.34. The number of hydrogen-bond donors (Lipinski definition) is 0. The normalized spacial score (nSPS) is 16.8. The van der Waals surface area contributed by atoms with Gasteiger partial charge in [0, 0.05) is 17.2 Å². The highest BCUT2D eigenvalue weighted by Gasteiger charge is 2.44. The van der Waals surface area contributed by atoms with E-state index in [9.17, 15) is 14.7 Å². The minimum atomic E-state index is -0.942. The number of ether oxygens (including phenoxy) is 3. The number of aromatic nitrogens is 1. The van der Waals surface area contributed by atoms with Crippen LogP contribution in [0.3, 0.4) is 0 Å². The Morgan fingerprint density at radius 1 is 1.06 bits per heavy atom. The maximum Gasteiger partial charge on any atom is 0.295 e. The van der Waals surface area contributed by atoms with E-state index in [1.807, 2.05) is 13.0 Å². The number of benzene rings is 2. The van der Waals surface area contributed by atoms with Gasteiger partial charge in [-0.3, -0.25) is 9.59 Å². The number of nitrogens with one attached hydrogen (secondary N) is 1. The second-order valence-corrected chi connectivity index (χ2v) is 8.42. The molecule has 1 fully saturated rings. The summed E-state index contributed by atoms with van der Waals surface area (Å²) in [6.07, 6.45) is 3.47. The molecule has 36 heavy (non-hydrogen) atoms. The summed E-state index contributed by atoms with van der Waals surface area (Å²) in [6, 6.07) is 12.3. The fourth-order valence-corrected chi connectivity index (χ4v) is 4.43. The van der Waals surface area contributed by atoms with Crippen molar-refractivity contribution in [3.63, 3.8) is 0 Å². The van der Waals surface area contributed by atoms with Gasteiger partial charge in [0.25, 0.3) is 5.91 Å². The molecular weight excluding hydrogens is 484 g/mol. The number of carbonyl (C=O) groups is 2. The Morgan fingerprint density at radius 2 is 1.81 bits per heavy atom. The van der Waals surface area contributed by atoms with Crippen LogP contribution in [0.5, 0.6) is 17.2 Å². The van der Waals surface area contributed by atoms with E-state index in [-0.39, 0.29) is 22.7 Å². The minimum Gasteiger partial charge on any atom is -0.872 e. The van der Waals surface area contributed by atoms with E-state index in [1.165, 1.54) is 31.3 Å². The molecule has 0 radical (unpaired) electrons. The van der Waals surface area contributed by atoms with Crippen molar-refractivity contribution in [3.8, 4) is 17.2 Å². The van der Waals surface area contributed by atoms with Gasteiger partial charge >= 0.3 is 0 Å². The van der Waals surface area contributed by atoms with E-state index >= 15 is 0 Å². The van der Waals surface area contributed by atoms with Crippen LogP contribution >= 0.6 is 11.6 Å². The Balaban J connectivity index is 1.88. The van der Waals surface area contributed by atoms with Crippen molar-refractivity contribution in [2.45, 2.75) is 19.5 Å². The monoisotopic (exact) mass is 508 g/mol. The number of likely N-dealkylation sites (tertiary alicyclic amines) is 1. The van der Waals surface area contributed by atoms with Crippen LogP contribution < -0.4 is 24.3 Å². The molecule has 0 bridgehead atoms.